The van der Waals surface area contributed by atoms with Gasteiger partial charge in [0.25, 0.3) is 0 Å². The maximum absolute atomic E-state index is 7.42. The minimum absolute atomic E-state index is 0.0214. The lowest BCUT2D eigenvalue weighted by molar-refractivity contribution is 0.506. The Morgan fingerprint density at radius 1 is 1.25 bits per heavy atom. The molecular weight excluding hydrogens is 248 g/mol. The van der Waals surface area contributed by atoms with Crippen LogP contribution in [0.2, 0.25) is 0 Å². The molecule has 0 bridgehead atoms. The average molecular weight is 270 g/mol. The highest BCUT2D eigenvalue weighted by molar-refractivity contribution is 5.95. The number of rotatable bonds is 3. The van der Waals surface area contributed by atoms with Gasteiger partial charge < -0.3 is 10.3 Å². The lowest BCUT2D eigenvalue weighted by Crippen LogP contribution is -2.18. The van der Waals surface area contributed by atoms with Gasteiger partial charge in [0.1, 0.15) is 11.7 Å². The predicted molar refractivity (Wildman–Crippen MR) is 83.1 cm³/mol. The van der Waals surface area contributed by atoms with Crippen LogP contribution < -0.4 is 5.73 Å². The molecular formula is C16H22N4. The summed E-state index contributed by atoms with van der Waals surface area (Å²) in [5, 5.41) is 7.42. The molecule has 2 rings (SSSR count). The molecule has 0 radical (unpaired) electrons. The summed E-state index contributed by atoms with van der Waals surface area (Å²) in [4.78, 5) is 4.78. The van der Waals surface area contributed by atoms with Crippen LogP contribution in [0, 0.1) is 5.41 Å². The Morgan fingerprint density at radius 3 is 2.25 bits per heavy atom. The van der Waals surface area contributed by atoms with Crippen molar-refractivity contribution in [3.8, 4) is 11.3 Å². The van der Waals surface area contributed by atoms with Crippen molar-refractivity contribution in [2.75, 3.05) is 0 Å². The number of hydrogen-bond acceptors (Lipinski definition) is 2. The van der Waals surface area contributed by atoms with Crippen LogP contribution in [0.1, 0.15) is 39.1 Å². The molecule has 106 valence electrons. The van der Waals surface area contributed by atoms with E-state index >= 15 is 0 Å². The monoisotopic (exact) mass is 270 g/mol. The van der Waals surface area contributed by atoms with Gasteiger partial charge in [-0.1, -0.05) is 45.0 Å². The van der Waals surface area contributed by atoms with Gasteiger partial charge in [0.2, 0.25) is 0 Å². The van der Waals surface area contributed by atoms with E-state index in [1.165, 1.54) is 0 Å². The summed E-state index contributed by atoms with van der Waals surface area (Å²) < 4.78 is 2.19. The van der Waals surface area contributed by atoms with Gasteiger partial charge in [0, 0.05) is 29.3 Å². The molecule has 4 heteroatoms. The molecule has 0 amide bonds. The minimum atomic E-state index is 0.0214. The van der Waals surface area contributed by atoms with E-state index in [-0.39, 0.29) is 11.3 Å². The largest absolute Gasteiger partial charge is 0.384 e. The van der Waals surface area contributed by atoms with Gasteiger partial charge in [0.05, 0.1) is 5.69 Å². The Bertz CT molecular complexity index is 615. The highest BCUT2D eigenvalue weighted by Crippen LogP contribution is 2.26. The Balaban J connectivity index is 2.43. The van der Waals surface area contributed by atoms with Crippen LogP contribution in [0.3, 0.4) is 0 Å². The molecule has 0 atom stereocenters. The van der Waals surface area contributed by atoms with Crippen LogP contribution in [0.4, 0.5) is 0 Å². The molecule has 0 aliphatic heterocycles. The third-order valence-corrected chi connectivity index (χ3v) is 3.28. The standard InChI is InChI=1S/C16H22N4/c1-5-20-10-13(19-15(20)16(2,3)4)11-6-8-12(9-7-11)14(17)18/h6-10H,5H2,1-4H3,(H3,17,18). The van der Waals surface area contributed by atoms with Crippen molar-refractivity contribution in [3.63, 3.8) is 0 Å². The van der Waals surface area contributed by atoms with E-state index in [1.54, 1.807) is 0 Å². The van der Waals surface area contributed by atoms with E-state index in [9.17, 15) is 0 Å². The van der Waals surface area contributed by atoms with E-state index in [4.69, 9.17) is 16.1 Å². The normalized spacial score (nSPS) is 11.6. The lowest BCUT2D eigenvalue weighted by atomic mass is 9.95. The molecule has 0 unspecified atom stereocenters. The topological polar surface area (TPSA) is 67.7 Å². The van der Waals surface area contributed by atoms with Gasteiger partial charge in [-0.2, -0.15) is 0 Å². The second-order valence-corrected chi connectivity index (χ2v) is 5.98. The van der Waals surface area contributed by atoms with E-state index in [1.807, 2.05) is 24.3 Å². The van der Waals surface area contributed by atoms with E-state index < -0.39 is 0 Å². The molecule has 2 aromatic rings. The highest BCUT2D eigenvalue weighted by atomic mass is 15.1. The first-order chi connectivity index (χ1) is 9.32. The predicted octanol–water partition coefficient (Wildman–Crippen LogP) is 3.15. The van der Waals surface area contributed by atoms with Gasteiger partial charge in [-0.05, 0) is 6.92 Å². The van der Waals surface area contributed by atoms with Gasteiger partial charge in [-0.15, -0.1) is 0 Å². The van der Waals surface area contributed by atoms with Gasteiger partial charge >= 0.3 is 0 Å². The fraction of sp³-hybridized carbons (Fsp3) is 0.375. The Kier molecular flexibility index (Phi) is 3.66. The smallest absolute Gasteiger partial charge is 0.122 e. The number of amidine groups is 1. The summed E-state index contributed by atoms with van der Waals surface area (Å²) in [6, 6.07) is 7.65. The summed E-state index contributed by atoms with van der Waals surface area (Å²) in [7, 11) is 0. The third-order valence-electron chi connectivity index (χ3n) is 3.28. The van der Waals surface area contributed by atoms with Crippen molar-refractivity contribution in [1.82, 2.24) is 9.55 Å². The van der Waals surface area contributed by atoms with Gasteiger partial charge in [0.15, 0.2) is 0 Å². The number of hydrogen-bond donors (Lipinski definition) is 2. The lowest BCUT2D eigenvalue weighted by Gasteiger charge is -2.18. The first-order valence-electron chi connectivity index (χ1n) is 6.85. The van der Waals surface area contributed by atoms with Crippen LogP contribution in [-0.2, 0) is 12.0 Å². The first kappa shape index (κ1) is 14.3. The Labute approximate surface area is 120 Å². The molecule has 4 nitrogen and oxygen atoms in total. The van der Waals surface area contributed by atoms with Crippen LogP contribution in [0.15, 0.2) is 30.5 Å². The molecule has 1 aromatic carbocycles. The Hall–Kier alpha value is -2.10. The van der Waals surface area contributed by atoms with Crippen LogP contribution in [0.5, 0.6) is 0 Å². The fourth-order valence-electron chi connectivity index (χ4n) is 2.22. The summed E-state index contributed by atoms with van der Waals surface area (Å²) in [6.07, 6.45) is 2.09. The molecule has 0 aliphatic rings. The summed E-state index contributed by atoms with van der Waals surface area (Å²) in [6.45, 7) is 9.54. The Morgan fingerprint density at radius 2 is 1.85 bits per heavy atom. The number of nitrogens with zero attached hydrogens (tertiary/aromatic N) is 2. The molecule has 0 spiro atoms. The number of nitrogen functional groups attached to an aromatic ring is 1. The molecule has 1 heterocycles. The zero-order valence-electron chi connectivity index (χ0n) is 12.6. The van der Waals surface area contributed by atoms with Crippen molar-refractivity contribution >= 4 is 5.84 Å². The zero-order chi connectivity index (χ0) is 14.9. The van der Waals surface area contributed by atoms with Crippen LogP contribution >= 0.6 is 0 Å². The molecule has 1 aromatic heterocycles. The molecule has 0 fully saturated rings. The summed E-state index contributed by atoms with van der Waals surface area (Å²) in [5.74, 6) is 1.18. The zero-order valence-corrected chi connectivity index (χ0v) is 12.6. The maximum Gasteiger partial charge on any atom is 0.122 e. The minimum Gasteiger partial charge on any atom is -0.384 e. The summed E-state index contributed by atoms with van der Waals surface area (Å²) >= 11 is 0. The fourth-order valence-corrected chi connectivity index (χ4v) is 2.22. The number of aryl methyl sites for hydroxylation is 1. The number of benzene rings is 1. The first-order valence-corrected chi connectivity index (χ1v) is 6.85. The van der Waals surface area contributed by atoms with Gasteiger partial charge in [-0.25, -0.2) is 4.98 Å². The third kappa shape index (κ3) is 2.74. The molecule has 0 saturated heterocycles. The van der Waals surface area contributed by atoms with E-state index in [2.05, 4.69) is 38.5 Å². The van der Waals surface area contributed by atoms with Crippen molar-refractivity contribution in [1.29, 1.82) is 5.41 Å². The van der Waals surface area contributed by atoms with Crippen molar-refractivity contribution in [2.24, 2.45) is 5.73 Å². The van der Waals surface area contributed by atoms with E-state index in [0.29, 0.717) is 0 Å². The second-order valence-electron chi connectivity index (χ2n) is 5.98. The second kappa shape index (κ2) is 5.12. The molecule has 0 aliphatic carbocycles. The maximum atomic E-state index is 7.42. The van der Waals surface area contributed by atoms with Gasteiger partial charge in [-0.3, -0.25) is 5.41 Å². The van der Waals surface area contributed by atoms with Crippen LogP contribution in [0.25, 0.3) is 11.3 Å². The number of nitrogens with two attached hydrogens (primary N) is 1. The molecule has 0 saturated carbocycles. The number of nitrogens with one attached hydrogen (secondary N) is 1. The van der Waals surface area contributed by atoms with Crippen molar-refractivity contribution in [2.45, 2.75) is 39.7 Å². The number of imidazole rings is 1. The van der Waals surface area contributed by atoms with Crippen molar-refractivity contribution in [3.05, 3.63) is 41.9 Å². The number of aromatic nitrogens is 2. The van der Waals surface area contributed by atoms with Crippen LogP contribution in [-0.4, -0.2) is 15.4 Å². The molecule has 3 N–H and O–H groups in total. The summed E-state index contributed by atoms with van der Waals surface area (Å²) in [5.41, 5.74) is 8.24. The average Bonchev–Trinajstić information content (AvgIpc) is 2.83. The highest BCUT2D eigenvalue weighted by Gasteiger charge is 2.21. The van der Waals surface area contributed by atoms with Crippen molar-refractivity contribution < 1.29 is 0 Å². The van der Waals surface area contributed by atoms with E-state index in [0.717, 1.165) is 29.2 Å². The SMILES string of the molecule is CCn1cc(-c2ccc(C(=N)N)cc2)nc1C(C)(C)C. The molecule has 20 heavy (non-hydrogen) atoms. The quantitative estimate of drug-likeness (QED) is 0.664.